The van der Waals surface area contributed by atoms with Gasteiger partial charge in [-0.3, -0.25) is 4.79 Å². The number of aromatic hydroxyl groups is 1. The van der Waals surface area contributed by atoms with Crippen molar-refractivity contribution in [2.24, 2.45) is 0 Å². The van der Waals surface area contributed by atoms with Crippen molar-refractivity contribution in [3.8, 4) is 16.4 Å². The van der Waals surface area contributed by atoms with E-state index in [0.717, 1.165) is 4.47 Å². The second kappa shape index (κ2) is 4.77. The van der Waals surface area contributed by atoms with E-state index >= 15 is 0 Å². The fourth-order valence-electron chi connectivity index (χ4n) is 1.81. The number of fused-ring (bicyclic) bond motifs is 1. The van der Waals surface area contributed by atoms with Gasteiger partial charge in [0.1, 0.15) is 5.58 Å². The van der Waals surface area contributed by atoms with Crippen molar-refractivity contribution < 1.29 is 9.52 Å². The quantitative estimate of drug-likeness (QED) is 0.639. The Bertz CT molecular complexity index is 822. The summed E-state index contributed by atoms with van der Waals surface area (Å²) in [5.74, 6) is -0.157. The first kappa shape index (κ1) is 12.9. The molecule has 0 saturated heterocycles. The lowest BCUT2D eigenvalue weighted by atomic mass is 10.2. The summed E-state index contributed by atoms with van der Waals surface area (Å²) < 4.78 is 7.05. The highest BCUT2D eigenvalue weighted by Crippen LogP contribution is 2.35. The molecule has 3 aromatic rings. The maximum absolute atomic E-state index is 12.2. The number of thiophene rings is 1. The molecule has 2 aromatic heterocycles. The van der Waals surface area contributed by atoms with E-state index < -0.39 is 5.43 Å². The van der Waals surface area contributed by atoms with Crippen LogP contribution in [0.25, 0.3) is 21.6 Å². The molecule has 0 spiro atoms. The van der Waals surface area contributed by atoms with Gasteiger partial charge in [0.05, 0.1) is 10.3 Å². The van der Waals surface area contributed by atoms with Crippen LogP contribution in [0.1, 0.15) is 0 Å². The smallest absolute Gasteiger partial charge is 0.236 e. The Labute approximate surface area is 128 Å². The van der Waals surface area contributed by atoms with Crippen LogP contribution in [0.5, 0.6) is 5.75 Å². The van der Waals surface area contributed by atoms with Crippen molar-refractivity contribution in [1.82, 2.24) is 0 Å². The van der Waals surface area contributed by atoms with Gasteiger partial charge >= 0.3 is 0 Å². The van der Waals surface area contributed by atoms with E-state index in [-0.39, 0.29) is 11.5 Å². The summed E-state index contributed by atoms with van der Waals surface area (Å²) in [6.07, 6.45) is 0. The number of rotatable bonds is 1. The highest BCUT2D eigenvalue weighted by Gasteiger charge is 2.18. The van der Waals surface area contributed by atoms with Gasteiger partial charge < -0.3 is 9.52 Å². The molecule has 0 atom stereocenters. The first-order chi connectivity index (χ1) is 9.08. The Morgan fingerprint density at radius 2 is 2.05 bits per heavy atom. The molecule has 2 heterocycles. The van der Waals surface area contributed by atoms with Crippen molar-refractivity contribution in [3.63, 3.8) is 0 Å². The van der Waals surface area contributed by atoms with E-state index in [4.69, 9.17) is 4.42 Å². The number of hydrogen-bond acceptors (Lipinski definition) is 4. The Morgan fingerprint density at radius 3 is 2.74 bits per heavy atom. The zero-order valence-corrected chi connectivity index (χ0v) is 13.3. The van der Waals surface area contributed by atoms with Gasteiger partial charge in [0.15, 0.2) is 5.76 Å². The molecule has 19 heavy (non-hydrogen) atoms. The maximum Gasteiger partial charge on any atom is 0.236 e. The van der Waals surface area contributed by atoms with E-state index in [0.29, 0.717) is 20.3 Å². The molecule has 0 aliphatic rings. The summed E-state index contributed by atoms with van der Waals surface area (Å²) in [7, 11) is 0. The summed E-state index contributed by atoms with van der Waals surface area (Å²) in [6, 6.07) is 7.07. The largest absolute Gasteiger partial charge is 0.501 e. The minimum absolute atomic E-state index is 0.206. The van der Waals surface area contributed by atoms with E-state index in [9.17, 15) is 9.90 Å². The molecule has 0 aliphatic carbocycles. The topological polar surface area (TPSA) is 50.4 Å². The molecule has 0 fully saturated rings. The zero-order valence-electron chi connectivity index (χ0n) is 9.31. The summed E-state index contributed by atoms with van der Waals surface area (Å²) in [6.45, 7) is 0. The fourth-order valence-corrected chi connectivity index (χ4v) is 3.88. The summed E-state index contributed by atoms with van der Waals surface area (Å²) >= 11 is 8.05. The van der Waals surface area contributed by atoms with Crippen LogP contribution < -0.4 is 5.43 Å². The standard InChI is InChI=1S/C13H6Br2O3S/c14-6-4-7(15)10-8(5-6)18-13(12(17)11(10)16)9-2-1-3-19-9/h1-5,17H. The van der Waals surface area contributed by atoms with Crippen LogP contribution >= 0.6 is 43.2 Å². The summed E-state index contributed by atoms with van der Waals surface area (Å²) in [4.78, 5) is 12.9. The molecular weight excluding hydrogens is 396 g/mol. The fraction of sp³-hybridized carbons (Fsp3) is 0. The van der Waals surface area contributed by atoms with Gasteiger partial charge in [-0.2, -0.15) is 0 Å². The Morgan fingerprint density at radius 1 is 1.26 bits per heavy atom. The second-order valence-corrected chi connectivity index (χ2v) is 6.56. The lowest BCUT2D eigenvalue weighted by Gasteiger charge is -2.06. The molecule has 1 aromatic carbocycles. The zero-order chi connectivity index (χ0) is 13.6. The average molecular weight is 402 g/mol. The van der Waals surface area contributed by atoms with E-state index in [2.05, 4.69) is 31.9 Å². The van der Waals surface area contributed by atoms with Crippen molar-refractivity contribution in [1.29, 1.82) is 0 Å². The lowest BCUT2D eigenvalue weighted by molar-refractivity contribution is 0.449. The third kappa shape index (κ3) is 2.13. The minimum atomic E-state index is -0.441. The summed E-state index contributed by atoms with van der Waals surface area (Å²) in [5.41, 5.74) is -0.0172. The monoisotopic (exact) mass is 400 g/mol. The molecule has 0 bridgehead atoms. The van der Waals surface area contributed by atoms with E-state index in [1.807, 2.05) is 11.4 Å². The number of hydrogen-bond donors (Lipinski definition) is 1. The Hall–Kier alpha value is -1.11. The third-order valence-electron chi connectivity index (χ3n) is 2.63. The van der Waals surface area contributed by atoms with Crippen LogP contribution in [0.4, 0.5) is 0 Å². The lowest BCUT2D eigenvalue weighted by Crippen LogP contribution is -2.03. The van der Waals surface area contributed by atoms with Crippen molar-refractivity contribution in [2.45, 2.75) is 0 Å². The van der Waals surface area contributed by atoms with Crippen LogP contribution in [0.2, 0.25) is 0 Å². The van der Waals surface area contributed by atoms with Crippen molar-refractivity contribution in [2.75, 3.05) is 0 Å². The maximum atomic E-state index is 12.2. The number of benzene rings is 1. The van der Waals surface area contributed by atoms with Gasteiger partial charge in [-0.15, -0.1) is 11.3 Å². The first-order valence-corrected chi connectivity index (χ1v) is 7.73. The van der Waals surface area contributed by atoms with Crippen LogP contribution in [0.3, 0.4) is 0 Å². The predicted octanol–water partition coefficient (Wildman–Crippen LogP) is 4.75. The SMILES string of the molecule is O=c1c(O)c(-c2cccs2)oc2cc(Br)cc(Br)c12. The molecule has 96 valence electrons. The van der Waals surface area contributed by atoms with Gasteiger partial charge in [0.2, 0.25) is 11.2 Å². The van der Waals surface area contributed by atoms with Gasteiger partial charge in [-0.25, -0.2) is 0 Å². The molecular formula is C13H6Br2O3S. The normalized spacial score (nSPS) is 11.1. The van der Waals surface area contributed by atoms with Gasteiger partial charge in [-0.1, -0.05) is 22.0 Å². The average Bonchev–Trinajstić information content (AvgIpc) is 2.86. The predicted molar refractivity (Wildman–Crippen MR) is 82.9 cm³/mol. The van der Waals surface area contributed by atoms with Gasteiger partial charge in [-0.05, 0) is 39.5 Å². The van der Waals surface area contributed by atoms with Gasteiger partial charge in [0, 0.05) is 8.95 Å². The van der Waals surface area contributed by atoms with Gasteiger partial charge in [0.25, 0.3) is 0 Å². The minimum Gasteiger partial charge on any atom is -0.501 e. The van der Waals surface area contributed by atoms with Crippen LogP contribution in [0.15, 0.2) is 47.8 Å². The van der Waals surface area contributed by atoms with Crippen LogP contribution in [0, 0.1) is 0 Å². The molecule has 0 amide bonds. The Kier molecular flexibility index (Phi) is 3.24. The van der Waals surface area contributed by atoms with Crippen molar-refractivity contribution in [3.05, 3.63) is 48.8 Å². The third-order valence-corrected chi connectivity index (χ3v) is 4.58. The number of halogens is 2. The van der Waals surface area contributed by atoms with Crippen molar-refractivity contribution >= 4 is 54.2 Å². The molecule has 1 N–H and O–H groups in total. The second-order valence-electron chi connectivity index (χ2n) is 3.85. The molecule has 3 rings (SSSR count). The highest BCUT2D eigenvalue weighted by atomic mass is 79.9. The first-order valence-electron chi connectivity index (χ1n) is 5.26. The van der Waals surface area contributed by atoms with E-state index in [1.54, 1.807) is 18.2 Å². The summed E-state index contributed by atoms with van der Waals surface area (Å²) in [5, 5.41) is 12.2. The molecule has 0 radical (unpaired) electrons. The van der Waals surface area contributed by atoms with Crippen LogP contribution in [-0.2, 0) is 0 Å². The molecule has 0 saturated carbocycles. The Balaban J connectivity index is 2.45. The molecule has 0 aliphatic heterocycles. The molecule has 0 unspecified atom stereocenters. The van der Waals surface area contributed by atoms with E-state index in [1.165, 1.54) is 11.3 Å². The molecule has 3 nitrogen and oxygen atoms in total. The van der Waals surface area contributed by atoms with Crippen LogP contribution in [-0.4, -0.2) is 5.11 Å². The molecule has 6 heteroatoms. The highest BCUT2D eigenvalue weighted by molar-refractivity contribution is 9.11.